The van der Waals surface area contributed by atoms with Crippen LogP contribution in [0.2, 0.25) is 0 Å². The maximum atomic E-state index is 11.9. The van der Waals surface area contributed by atoms with Gasteiger partial charge in [-0.1, -0.05) is 52.3 Å². The van der Waals surface area contributed by atoms with Crippen LogP contribution in [0.5, 0.6) is 0 Å². The Morgan fingerprint density at radius 1 is 1.04 bits per heavy atom. The van der Waals surface area contributed by atoms with Gasteiger partial charge in [0.1, 0.15) is 6.42 Å². The van der Waals surface area contributed by atoms with Gasteiger partial charge >= 0.3 is 0 Å². The molecular weight excluding hydrogens is 356 g/mol. The Labute approximate surface area is 144 Å². The molecule has 0 aromatic heterocycles. The van der Waals surface area contributed by atoms with Crippen molar-refractivity contribution in [3.05, 3.63) is 64.1 Å². The van der Waals surface area contributed by atoms with Crippen LogP contribution in [0.1, 0.15) is 17.5 Å². The maximum Gasteiger partial charge on any atom is 0.233 e. The first-order chi connectivity index (χ1) is 11.0. The van der Waals surface area contributed by atoms with Gasteiger partial charge in [-0.15, -0.1) is 0 Å². The Morgan fingerprint density at radius 3 is 2.48 bits per heavy atom. The van der Waals surface area contributed by atoms with Gasteiger partial charge in [0.2, 0.25) is 11.8 Å². The molecule has 0 atom stereocenters. The van der Waals surface area contributed by atoms with E-state index in [2.05, 4.69) is 26.6 Å². The lowest BCUT2D eigenvalue weighted by Gasteiger charge is -2.08. The van der Waals surface area contributed by atoms with Crippen LogP contribution in [0, 0.1) is 6.92 Å². The van der Waals surface area contributed by atoms with E-state index in [1.807, 2.05) is 55.5 Å². The van der Waals surface area contributed by atoms with Gasteiger partial charge < -0.3 is 10.6 Å². The fourth-order valence-corrected chi connectivity index (χ4v) is 2.45. The molecule has 2 rings (SSSR count). The highest BCUT2D eigenvalue weighted by Crippen LogP contribution is 2.20. The number of amides is 2. The largest absolute Gasteiger partial charge is 0.355 e. The predicted octanol–water partition coefficient (Wildman–Crippen LogP) is 3.45. The normalized spacial score (nSPS) is 10.2. The van der Waals surface area contributed by atoms with Crippen molar-refractivity contribution in [1.29, 1.82) is 0 Å². The Hall–Kier alpha value is -2.14. The molecule has 0 unspecified atom stereocenters. The summed E-state index contributed by atoms with van der Waals surface area (Å²) in [6.07, 6.45) is 0.569. The van der Waals surface area contributed by atoms with Crippen molar-refractivity contribution in [2.24, 2.45) is 0 Å². The molecule has 0 saturated carbocycles. The highest BCUT2D eigenvalue weighted by molar-refractivity contribution is 9.10. The molecule has 4 nitrogen and oxygen atoms in total. The number of hydrogen-bond acceptors (Lipinski definition) is 2. The average molecular weight is 375 g/mol. The van der Waals surface area contributed by atoms with Crippen molar-refractivity contribution >= 4 is 33.4 Å². The van der Waals surface area contributed by atoms with Gasteiger partial charge in [0, 0.05) is 16.7 Å². The Kier molecular flexibility index (Phi) is 6.35. The quantitative estimate of drug-likeness (QED) is 0.760. The minimum absolute atomic E-state index is 0.180. The van der Waals surface area contributed by atoms with E-state index in [-0.39, 0.29) is 18.2 Å². The van der Waals surface area contributed by atoms with E-state index in [4.69, 9.17) is 0 Å². The van der Waals surface area contributed by atoms with Crippen LogP contribution in [0.3, 0.4) is 0 Å². The first-order valence-corrected chi connectivity index (χ1v) is 8.20. The van der Waals surface area contributed by atoms with E-state index in [1.165, 1.54) is 0 Å². The van der Waals surface area contributed by atoms with Gasteiger partial charge in [0.05, 0.1) is 0 Å². The number of benzene rings is 2. The highest BCUT2D eigenvalue weighted by atomic mass is 79.9. The summed E-state index contributed by atoms with van der Waals surface area (Å²) in [5.74, 6) is -0.595. The second kappa shape index (κ2) is 8.48. The zero-order valence-corrected chi connectivity index (χ0v) is 14.5. The lowest BCUT2D eigenvalue weighted by molar-refractivity contribution is -0.126. The molecule has 0 heterocycles. The fraction of sp³-hybridized carbons (Fsp3) is 0.222. The number of aryl methyl sites for hydroxylation is 1. The number of rotatable bonds is 6. The summed E-state index contributed by atoms with van der Waals surface area (Å²) in [7, 11) is 0. The first kappa shape index (κ1) is 17.2. The Morgan fingerprint density at radius 2 is 1.78 bits per heavy atom. The third-order valence-electron chi connectivity index (χ3n) is 3.36. The molecule has 0 spiro atoms. The zero-order chi connectivity index (χ0) is 16.7. The van der Waals surface area contributed by atoms with E-state index in [0.29, 0.717) is 12.2 Å². The molecule has 0 aliphatic carbocycles. The summed E-state index contributed by atoms with van der Waals surface area (Å²) in [5.41, 5.74) is 2.91. The number of nitrogens with one attached hydrogen (secondary N) is 2. The molecule has 0 radical (unpaired) electrons. The van der Waals surface area contributed by atoms with Gasteiger partial charge in [0.15, 0.2) is 0 Å². The van der Waals surface area contributed by atoms with Gasteiger partial charge in [-0.3, -0.25) is 9.59 Å². The molecule has 0 saturated heterocycles. The van der Waals surface area contributed by atoms with Crippen molar-refractivity contribution in [3.63, 3.8) is 0 Å². The fourth-order valence-electron chi connectivity index (χ4n) is 2.08. The van der Waals surface area contributed by atoms with E-state index in [0.717, 1.165) is 22.0 Å². The smallest absolute Gasteiger partial charge is 0.233 e. The summed E-state index contributed by atoms with van der Waals surface area (Å²) in [4.78, 5) is 23.6. The molecule has 2 N–H and O–H groups in total. The van der Waals surface area contributed by atoms with Crippen LogP contribution < -0.4 is 10.6 Å². The van der Waals surface area contributed by atoms with Crippen LogP contribution in [0.25, 0.3) is 0 Å². The summed E-state index contributed by atoms with van der Waals surface area (Å²) in [6.45, 7) is 2.49. The van der Waals surface area contributed by atoms with Crippen molar-refractivity contribution in [2.45, 2.75) is 19.8 Å². The number of halogens is 1. The Bertz CT molecular complexity index is 687. The molecule has 120 valence electrons. The molecule has 0 aliphatic rings. The third-order valence-corrected chi connectivity index (χ3v) is 4.21. The molecular formula is C18H19BrN2O2. The summed E-state index contributed by atoms with van der Waals surface area (Å²) >= 11 is 3.41. The first-order valence-electron chi connectivity index (χ1n) is 7.41. The van der Waals surface area contributed by atoms with Gasteiger partial charge in [-0.25, -0.2) is 0 Å². The average Bonchev–Trinajstić information content (AvgIpc) is 2.52. The van der Waals surface area contributed by atoms with Crippen LogP contribution >= 0.6 is 15.9 Å². The molecule has 23 heavy (non-hydrogen) atoms. The van der Waals surface area contributed by atoms with E-state index in [9.17, 15) is 9.59 Å². The van der Waals surface area contributed by atoms with Crippen LogP contribution in [-0.4, -0.2) is 18.4 Å². The van der Waals surface area contributed by atoms with Crippen molar-refractivity contribution in [3.8, 4) is 0 Å². The summed E-state index contributed by atoms with van der Waals surface area (Å²) in [5, 5.41) is 5.48. The van der Waals surface area contributed by atoms with Crippen molar-refractivity contribution in [2.75, 3.05) is 11.9 Å². The second-order valence-electron chi connectivity index (χ2n) is 5.27. The minimum Gasteiger partial charge on any atom is -0.355 e. The number of anilines is 1. The molecule has 5 heteroatoms. The number of carbonyl (C=O) groups is 2. The van der Waals surface area contributed by atoms with Crippen molar-refractivity contribution < 1.29 is 9.59 Å². The molecule has 2 amide bonds. The van der Waals surface area contributed by atoms with E-state index >= 15 is 0 Å². The van der Waals surface area contributed by atoms with E-state index in [1.54, 1.807) is 0 Å². The van der Waals surface area contributed by atoms with Crippen LogP contribution in [-0.2, 0) is 16.0 Å². The maximum absolute atomic E-state index is 11.9. The van der Waals surface area contributed by atoms with Gasteiger partial charge in [-0.05, 0) is 36.6 Å². The van der Waals surface area contributed by atoms with Crippen molar-refractivity contribution in [1.82, 2.24) is 5.32 Å². The monoisotopic (exact) mass is 374 g/mol. The lowest BCUT2D eigenvalue weighted by atomic mass is 10.1. The van der Waals surface area contributed by atoms with E-state index < -0.39 is 0 Å². The highest BCUT2D eigenvalue weighted by Gasteiger charge is 2.09. The third kappa shape index (κ3) is 5.87. The minimum atomic E-state index is -0.321. The lowest BCUT2D eigenvalue weighted by Crippen LogP contribution is -2.29. The topological polar surface area (TPSA) is 58.2 Å². The van der Waals surface area contributed by atoms with Crippen LogP contribution in [0.4, 0.5) is 5.69 Å². The second-order valence-corrected chi connectivity index (χ2v) is 6.13. The van der Waals surface area contributed by atoms with Gasteiger partial charge in [-0.2, -0.15) is 0 Å². The number of hydrogen-bond donors (Lipinski definition) is 2. The molecule has 0 aliphatic heterocycles. The standard InChI is InChI=1S/C18H19BrN2O2/c1-13-7-8-15(11-16(13)19)21-18(23)12-17(22)20-10-9-14-5-3-2-4-6-14/h2-8,11H,9-10,12H2,1H3,(H,20,22)(H,21,23). The molecule has 0 bridgehead atoms. The predicted molar refractivity (Wildman–Crippen MR) is 95.3 cm³/mol. The molecule has 0 fully saturated rings. The SMILES string of the molecule is Cc1ccc(NC(=O)CC(=O)NCCc2ccccc2)cc1Br. The molecule has 2 aromatic carbocycles. The summed E-state index contributed by atoms with van der Waals surface area (Å²) < 4.78 is 0.919. The Balaban J connectivity index is 1.74. The zero-order valence-electron chi connectivity index (χ0n) is 12.9. The van der Waals surface area contributed by atoms with Gasteiger partial charge in [0.25, 0.3) is 0 Å². The summed E-state index contributed by atoms with van der Waals surface area (Å²) in [6, 6.07) is 15.4. The number of carbonyl (C=O) groups excluding carboxylic acids is 2. The molecule has 2 aromatic rings. The van der Waals surface area contributed by atoms with Crippen LogP contribution in [0.15, 0.2) is 53.0 Å².